The minimum Gasteiger partial charge on any atom is -0.479 e. The number of benzene rings is 1. The molecule has 2 heterocycles. The largest absolute Gasteiger partial charge is 0.479 e. The van der Waals surface area contributed by atoms with Crippen LogP contribution in [-0.2, 0) is 26.1 Å². The first-order valence-electron chi connectivity index (χ1n) is 7.68. The lowest BCUT2D eigenvalue weighted by molar-refractivity contribution is -0.149. The molecule has 7 nitrogen and oxygen atoms in total. The van der Waals surface area contributed by atoms with Crippen molar-refractivity contribution < 1.29 is 18.3 Å². The summed E-state index contributed by atoms with van der Waals surface area (Å²) in [7, 11) is -3.47. The molecule has 0 bridgehead atoms. The zero-order valence-corrected chi connectivity index (χ0v) is 13.9. The second kappa shape index (κ2) is 6.37. The van der Waals surface area contributed by atoms with Crippen LogP contribution in [0.15, 0.2) is 49.1 Å². The summed E-state index contributed by atoms with van der Waals surface area (Å²) in [5.74, 6) is -1.03. The Morgan fingerprint density at radius 3 is 2.42 bits per heavy atom. The fourth-order valence-electron chi connectivity index (χ4n) is 3.11. The monoisotopic (exact) mass is 349 g/mol. The molecule has 1 aliphatic heterocycles. The molecule has 128 valence electrons. The summed E-state index contributed by atoms with van der Waals surface area (Å²) < 4.78 is 28.1. The third-order valence-corrected chi connectivity index (χ3v) is 6.38. The van der Waals surface area contributed by atoms with Gasteiger partial charge in [0.15, 0.2) is 0 Å². The van der Waals surface area contributed by atoms with Crippen LogP contribution >= 0.6 is 0 Å². The molecule has 0 amide bonds. The fraction of sp³-hybridized carbons (Fsp3) is 0.375. The molecule has 0 atom stereocenters. The molecule has 1 aromatic heterocycles. The number of aromatic nitrogens is 2. The average molecular weight is 349 g/mol. The number of aliphatic carboxylic acids is 1. The summed E-state index contributed by atoms with van der Waals surface area (Å²) in [4.78, 5) is 15.7. The van der Waals surface area contributed by atoms with Crippen molar-refractivity contribution in [2.45, 2.75) is 24.1 Å². The number of carbonyl (C=O) groups is 1. The number of carboxylic acids is 1. The number of carboxylic acid groups (broad SMARTS) is 1. The molecule has 0 unspecified atom stereocenters. The third-order valence-electron chi connectivity index (χ3n) is 4.53. The number of rotatable bonds is 5. The van der Waals surface area contributed by atoms with E-state index in [1.807, 2.05) is 6.07 Å². The molecular weight excluding hydrogens is 330 g/mol. The second-order valence-corrected chi connectivity index (χ2v) is 7.92. The van der Waals surface area contributed by atoms with Gasteiger partial charge >= 0.3 is 5.97 Å². The lowest BCUT2D eigenvalue weighted by Crippen LogP contribution is -2.52. The molecule has 1 N–H and O–H groups in total. The van der Waals surface area contributed by atoms with Crippen LogP contribution in [0.2, 0.25) is 0 Å². The molecule has 1 aromatic carbocycles. The number of piperidine rings is 1. The highest BCUT2D eigenvalue weighted by Gasteiger charge is 2.45. The molecule has 24 heavy (non-hydrogen) atoms. The second-order valence-electron chi connectivity index (χ2n) is 5.95. The van der Waals surface area contributed by atoms with Crippen LogP contribution in [0.4, 0.5) is 0 Å². The van der Waals surface area contributed by atoms with E-state index in [1.165, 1.54) is 16.8 Å². The van der Waals surface area contributed by atoms with Gasteiger partial charge in [-0.3, -0.25) is 0 Å². The molecule has 0 radical (unpaired) electrons. The first-order valence-corrected chi connectivity index (χ1v) is 9.29. The number of nitrogens with zero attached hydrogens (tertiary/aromatic N) is 3. The van der Waals surface area contributed by atoms with E-state index in [-0.39, 0.29) is 31.7 Å². The van der Waals surface area contributed by atoms with E-state index in [0.29, 0.717) is 0 Å². The van der Waals surface area contributed by atoms with Crippen LogP contribution in [0, 0.1) is 0 Å². The fourth-order valence-corrected chi connectivity index (χ4v) is 4.64. The van der Waals surface area contributed by atoms with Crippen molar-refractivity contribution in [3.05, 3.63) is 54.6 Å². The van der Waals surface area contributed by atoms with Crippen molar-refractivity contribution in [3.8, 4) is 0 Å². The lowest BCUT2D eigenvalue weighted by atomic mass is 9.88. The van der Waals surface area contributed by atoms with E-state index in [1.54, 1.807) is 35.0 Å². The number of imidazole rings is 1. The van der Waals surface area contributed by atoms with Gasteiger partial charge in [-0.2, -0.15) is 0 Å². The van der Waals surface area contributed by atoms with E-state index in [0.717, 1.165) is 5.56 Å². The van der Waals surface area contributed by atoms with Gasteiger partial charge in [0.25, 0.3) is 0 Å². The van der Waals surface area contributed by atoms with Gasteiger partial charge in [0, 0.05) is 25.5 Å². The van der Waals surface area contributed by atoms with Crippen LogP contribution in [0.5, 0.6) is 0 Å². The maximum absolute atomic E-state index is 12.6. The topological polar surface area (TPSA) is 92.5 Å². The molecule has 3 rings (SSSR count). The summed E-state index contributed by atoms with van der Waals surface area (Å²) in [6, 6.07) is 8.98. The number of hydrogen-bond acceptors (Lipinski definition) is 4. The normalized spacial score (nSPS) is 18.3. The van der Waals surface area contributed by atoms with Crippen molar-refractivity contribution >= 4 is 16.0 Å². The van der Waals surface area contributed by atoms with Crippen molar-refractivity contribution in [1.82, 2.24) is 13.9 Å². The molecule has 2 aromatic rings. The standard InChI is InChI=1S/C16H19N3O4S/c20-15(21)16(18-11-8-17-13-18)6-9-19(10-7-16)24(22,23)12-14-4-2-1-3-5-14/h1-5,8,11,13H,6-7,9-10,12H2,(H,20,21). The molecule has 0 saturated carbocycles. The van der Waals surface area contributed by atoms with Gasteiger partial charge in [0.05, 0.1) is 12.1 Å². The van der Waals surface area contributed by atoms with E-state index < -0.39 is 21.5 Å². The van der Waals surface area contributed by atoms with Gasteiger partial charge in [-0.05, 0) is 18.4 Å². The Morgan fingerprint density at radius 2 is 1.88 bits per heavy atom. The molecule has 8 heteroatoms. The Balaban J connectivity index is 1.75. The predicted octanol–water partition coefficient (Wildman–Crippen LogP) is 1.29. The third kappa shape index (κ3) is 3.07. The van der Waals surface area contributed by atoms with Gasteiger partial charge in [-0.25, -0.2) is 22.5 Å². The Labute approximate surface area is 140 Å². The van der Waals surface area contributed by atoms with Gasteiger partial charge in [0.2, 0.25) is 10.0 Å². The van der Waals surface area contributed by atoms with Crippen molar-refractivity contribution in [2.24, 2.45) is 0 Å². The molecule has 1 fully saturated rings. The molecule has 1 saturated heterocycles. The number of sulfonamides is 1. The number of hydrogen-bond donors (Lipinski definition) is 1. The summed E-state index contributed by atoms with van der Waals surface area (Å²) in [5.41, 5.74) is -0.405. The SMILES string of the molecule is O=C(O)C1(n2ccnc2)CCN(S(=O)(=O)Cc2ccccc2)CC1. The van der Waals surface area contributed by atoms with Crippen LogP contribution < -0.4 is 0 Å². The predicted molar refractivity (Wildman–Crippen MR) is 87.7 cm³/mol. The maximum atomic E-state index is 12.6. The summed E-state index contributed by atoms with van der Waals surface area (Å²) in [6.07, 6.45) is 5.05. The van der Waals surface area contributed by atoms with Crippen LogP contribution in [0.1, 0.15) is 18.4 Å². The van der Waals surface area contributed by atoms with Gasteiger partial charge in [0.1, 0.15) is 5.54 Å². The minimum atomic E-state index is -3.47. The summed E-state index contributed by atoms with van der Waals surface area (Å²) in [5, 5.41) is 9.67. The minimum absolute atomic E-state index is 0.0704. The van der Waals surface area contributed by atoms with E-state index in [9.17, 15) is 18.3 Å². The average Bonchev–Trinajstić information content (AvgIpc) is 3.10. The zero-order chi connectivity index (χ0) is 17.2. The van der Waals surface area contributed by atoms with Crippen molar-refractivity contribution in [1.29, 1.82) is 0 Å². The first kappa shape index (κ1) is 16.7. The lowest BCUT2D eigenvalue weighted by Gasteiger charge is -2.39. The first-order chi connectivity index (χ1) is 11.4. The highest BCUT2D eigenvalue weighted by molar-refractivity contribution is 7.88. The Bertz CT molecular complexity index is 795. The van der Waals surface area contributed by atoms with E-state index in [4.69, 9.17) is 0 Å². The molecule has 0 aliphatic carbocycles. The molecular formula is C16H19N3O4S. The summed E-state index contributed by atoms with van der Waals surface area (Å²) in [6.45, 7) is 0.360. The van der Waals surface area contributed by atoms with Crippen molar-refractivity contribution in [3.63, 3.8) is 0 Å². The van der Waals surface area contributed by atoms with E-state index in [2.05, 4.69) is 4.98 Å². The van der Waals surface area contributed by atoms with Gasteiger partial charge < -0.3 is 9.67 Å². The zero-order valence-electron chi connectivity index (χ0n) is 13.1. The maximum Gasteiger partial charge on any atom is 0.330 e. The highest BCUT2D eigenvalue weighted by Crippen LogP contribution is 2.32. The smallest absolute Gasteiger partial charge is 0.330 e. The highest BCUT2D eigenvalue weighted by atomic mass is 32.2. The quantitative estimate of drug-likeness (QED) is 0.878. The van der Waals surface area contributed by atoms with Crippen LogP contribution in [-0.4, -0.2) is 46.4 Å². The van der Waals surface area contributed by atoms with Gasteiger partial charge in [-0.15, -0.1) is 0 Å². The Hall–Kier alpha value is -2.19. The van der Waals surface area contributed by atoms with Crippen LogP contribution in [0.3, 0.4) is 0 Å². The van der Waals surface area contributed by atoms with Crippen LogP contribution in [0.25, 0.3) is 0 Å². The Kier molecular flexibility index (Phi) is 4.42. The molecule has 1 aliphatic rings. The Morgan fingerprint density at radius 1 is 1.21 bits per heavy atom. The van der Waals surface area contributed by atoms with Crippen molar-refractivity contribution in [2.75, 3.05) is 13.1 Å². The molecule has 0 spiro atoms. The van der Waals surface area contributed by atoms with Gasteiger partial charge in [-0.1, -0.05) is 30.3 Å². The van der Waals surface area contributed by atoms with E-state index >= 15 is 0 Å². The summed E-state index contributed by atoms with van der Waals surface area (Å²) >= 11 is 0.